The summed E-state index contributed by atoms with van der Waals surface area (Å²) in [6.07, 6.45) is 1.08. The van der Waals surface area contributed by atoms with E-state index in [0.717, 1.165) is 18.4 Å². The summed E-state index contributed by atoms with van der Waals surface area (Å²) in [5.74, 6) is 0.669. The molecule has 1 unspecified atom stereocenters. The van der Waals surface area contributed by atoms with Crippen molar-refractivity contribution >= 4 is 19.0 Å². The fourth-order valence-corrected chi connectivity index (χ4v) is 2.03. The lowest BCUT2D eigenvalue weighted by Gasteiger charge is -2.27. The Morgan fingerprint density at radius 1 is 1.25 bits per heavy atom. The minimum Gasteiger partial charge on any atom is -0.289 e. The molecule has 2 radical (unpaired) electrons. The Morgan fingerprint density at radius 3 is 2.38 bits per heavy atom. The minimum atomic E-state index is 0.330. The van der Waals surface area contributed by atoms with E-state index < -0.39 is 0 Å². The molecule has 1 aromatic carbocycles. The fraction of sp³-hybridized carbons (Fsp3) is 0.500. The number of nitrogens with zero attached hydrogens (tertiary/aromatic N) is 1. The van der Waals surface area contributed by atoms with Crippen molar-refractivity contribution in [1.82, 2.24) is 0 Å². The Balaban J connectivity index is 2.17. The van der Waals surface area contributed by atoms with Crippen LogP contribution in [0.15, 0.2) is 29.3 Å². The van der Waals surface area contributed by atoms with Crippen molar-refractivity contribution in [2.24, 2.45) is 16.3 Å². The second kappa shape index (κ2) is 4.08. The van der Waals surface area contributed by atoms with Crippen LogP contribution in [-0.4, -0.2) is 20.1 Å². The molecule has 1 heterocycles. The van der Waals surface area contributed by atoms with Gasteiger partial charge < -0.3 is 0 Å². The fourth-order valence-electron chi connectivity index (χ4n) is 2.03. The van der Waals surface area contributed by atoms with Gasteiger partial charge in [-0.3, -0.25) is 4.99 Å². The zero-order chi connectivity index (χ0) is 11.8. The van der Waals surface area contributed by atoms with Crippen molar-refractivity contribution in [3.8, 4) is 0 Å². The zero-order valence-electron chi connectivity index (χ0n) is 10.3. The predicted octanol–water partition coefficient (Wildman–Crippen LogP) is 2.34. The summed E-state index contributed by atoms with van der Waals surface area (Å²) in [6, 6.07) is 8.03. The Morgan fingerprint density at radius 2 is 1.88 bits per heavy atom. The maximum Gasteiger partial charge on any atom is 0.113 e. The molecular weight excluding hydrogens is 193 g/mol. The normalized spacial score (nSPS) is 24.9. The van der Waals surface area contributed by atoms with E-state index in [2.05, 4.69) is 37.9 Å². The van der Waals surface area contributed by atoms with Crippen molar-refractivity contribution in [1.29, 1.82) is 0 Å². The van der Waals surface area contributed by atoms with Crippen LogP contribution in [-0.2, 0) is 0 Å². The van der Waals surface area contributed by atoms with Crippen LogP contribution in [0.4, 0.5) is 0 Å². The van der Waals surface area contributed by atoms with Gasteiger partial charge in [-0.25, -0.2) is 0 Å². The molecule has 0 N–H and O–H groups in total. The van der Waals surface area contributed by atoms with Gasteiger partial charge in [-0.2, -0.15) is 0 Å². The maximum absolute atomic E-state index is 5.69. The number of hydrogen-bond donors (Lipinski definition) is 0. The number of benzene rings is 1. The first kappa shape index (κ1) is 11.4. The average molecular weight is 211 g/mol. The van der Waals surface area contributed by atoms with Gasteiger partial charge in [-0.15, -0.1) is 0 Å². The van der Waals surface area contributed by atoms with Gasteiger partial charge in [0, 0.05) is 12.3 Å². The molecule has 1 aromatic rings. The van der Waals surface area contributed by atoms with E-state index in [1.165, 1.54) is 11.3 Å². The predicted molar refractivity (Wildman–Crippen MR) is 70.8 cm³/mol. The third kappa shape index (κ3) is 2.06. The largest absolute Gasteiger partial charge is 0.289 e. The summed E-state index contributed by atoms with van der Waals surface area (Å²) >= 11 is 0. The van der Waals surface area contributed by atoms with Gasteiger partial charge in [0.25, 0.3) is 0 Å². The summed E-state index contributed by atoms with van der Waals surface area (Å²) < 4.78 is 0. The van der Waals surface area contributed by atoms with Crippen molar-refractivity contribution in [3.05, 3.63) is 29.8 Å². The molecule has 1 aliphatic heterocycles. The summed E-state index contributed by atoms with van der Waals surface area (Å²) in [7, 11) is 5.69. The lowest BCUT2D eigenvalue weighted by molar-refractivity contribution is 0.256. The molecule has 82 valence electrons. The molecule has 1 aliphatic rings. The molecule has 1 atom stereocenters. The van der Waals surface area contributed by atoms with Crippen molar-refractivity contribution < 1.29 is 0 Å². The summed E-state index contributed by atoms with van der Waals surface area (Å²) in [4.78, 5) is 4.69. The topological polar surface area (TPSA) is 12.4 Å². The standard InChI is InChI=1S/C14H18BN/c1-10(2)14(3)8-13(16-9-14)11-4-6-12(15)7-5-11/h4-7,10H,8-9H2,1-3H3. The molecule has 0 saturated heterocycles. The van der Waals surface area contributed by atoms with Crippen molar-refractivity contribution in [3.63, 3.8) is 0 Å². The van der Waals surface area contributed by atoms with Crippen LogP contribution >= 0.6 is 0 Å². The van der Waals surface area contributed by atoms with Gasteiger partial charge in [0.15, 0.2) is 0 Å². The first-order valence-electron chi connectivity index (χ1n) is 5.90. The van der Waals surface area contributed by atoms with Gasteiger partial charge in [0.1, 0.15) is 7.85 Å². The van der Waals surface area contributed by atoms with E-state index in [4.69, 9.17) is 7.85 Å². The molecule has 0 aliphatic carbocycles. The Bertz CT molecular complexity index is 405. The maximum atomic E-state index is 5.69. The summed E-state index contributed by atoms with van der Waals surface area (Å²) in [5.41, 5.74) is 3.60. The van der Waals surface area contributed by atoms with Crippen molar-refractivity contribution in [2.75, 3.05) is 6.54 Å². The average Bonchev–Trinajstić information content (AvgIpc) is 2.63. The molecule has 0 bridgehead atoms. The number of aliphatic imine (C=N–C) groups is 1. The molecule has 0 spiro atoms. The van der Waals surface area contributed by atoms with E-state index in [1.807, 2.05) is 12.1 Å². The van der Waals surface area contributed by atoms with Crippen LogP contribution in [0.1, 0.15) is 32.8 Å². The van der Waals surface area contributed by atoms with E-state index >= 15 is 0 Å². The molecule has 0 fully saturated rings. The van der Waals surface area contributed by atoms with E-state index in [9.17, 15) is 0 Å². The Hall–Kier alpha value is -1.05. The smallest absolute Gasteiger partial charge is 0.113 e. The van der Waals surface area contributed by atoms with Crippen LogP contribution in [0.5, 0.6) is 0 Å². The first-order chi connectivity index (χ1) is 7.51. The third-order valence-corrected chi connectivity index (χ3v) is 3.84. The molecule has 16 heavy (non-hydrogen) atoms. The van der Waals surface area contributed by atoms with Gasteiger partial charge in [-0.1, -0.05) is 50.5 Å². The number of hydrogen-bond acceptors (Lipinski definition) is 1. The van der Waals surface area contributed by atoms with Crippen LogP contribution in [0.2, 0.25) is 0 Å². The third-order valence-electron chi connectivity index (χ3n) is 3.84. The van der Waals surface area contributed by atoms with Crippen LogP contribution in [0, 0.1) is 11.3 Å². The summed E-state index contributed by atoms with van der Waals surface area (Å²) in [6.45, 7) is 7.83. The quantitative estimate of drug-likeness (QED) is 0.666. The molecule has 2 rings (SSSR count). The minimum absolute atomic E-state index is 0.330. The monoisotopic (exact) mass is 211 g/mol. The lowest BCUT2D eigenvalue weighted by Crippen LogP contribution is -2.24. The van der Waals surface area contributed by atoms with Crippen LogP contribution in [0.25, 0.3) is 0 Å². The van der Waals surface area contributed by atoms with Crippen molar-refractivity contribution in [2.45, 2.75) is 27.2 Å². The van der Waals surface area contributed by atoms with E-state index in [1.54, 1.807) is 0 Å². The second-order valence-electron chi connectivity index (χ2n) is 5.37. The van der Waals surface area contributed by atoms with Gasteiger partial charge >= 0.3 is 0 Å². The Kier molecular flexibility index (Phi) is 2.92. The van der Waals surface area contributed by atoms with E-state index in [-0.39, 0.29) is 0 Å². The highest BCUT2D eigenvalue weighted by molar-refractivity contribution is 6.32. The lowest BCUT2D eigenvalue weighted by atomic mass is 9.76. The van der Waals surface area contributed by atoms with Crippen LogP contribution in [0.3, 0.4) is 0 Å². The second-order valence-corrected chi connectivity index (χ2v) is 5.37. The van der Waals surface area contributed by atoms with Gasteiger partial charge in [0.05, 0.1) is 0 Å². The summed E-state index contributed by atoms with van der Waals surface area (Å²) in [5, 5.41) is 0. The molecule has 0 amide bonds. The van der Waals surface area contributed by atoms with Crippen LogP contribution < -0.4 is 5.46 Å². The highest BCUT2D eigenvalue weighted by Crippen LogP contribution is 2.37. The molecular formula is C14H18BN. The zero-order valence-corrected chi connectivity index (χ0v) is 10.3. The highest BCUT2D eigenvalue weighted by atomic mass is 14.8. The molecule has 1 nitrogen and oxygen atoms in total. The van der Waals surface area contributed by atoms with Gasteiger partial charge in [0.2, 0.25) is 0 Å². The number of rotatable bonds is 2. The Labute approximate surface area is 99.4 Å². The van der Waals surface area contributed by atoms with E-state index in [0.29, 0.717) is 11.3 Å². The molecule has 0 saturated carbocycles. The molecule has 2 heteroatoms. The molecule has 0 aromatic heterocycles. The first-order valence-corrected chi connectivity index (χ1v) is 5.90. The van der Waals surface area contributed by atoms with Gasteiger partial charge in [-0.05, 0) is 23.3 Å². The highest BCUT2D eigenvalue weighted by Gasteiger charge is 2.34. The SMILES string of the molecule is [B]c1ccc(C2=NCC(C)(C(C)C)C2)cc1.